The summed E-state index contributed by atoms with van der Waals surface area (Å²) in [5.74, 6) is -0.396. The Morgan fingerprint density at radius 3 is 2.50 bits per heavy atom. The van der Waals surface area contributed by atoms with Gasteiger partial charge in [0.15, 0.2) is 11.3 Å². The van der Waals surface area contributed by atoms with Gasteiger partial charge in [0.25, 0.3) is 5.56 Å². The second-order valence-electron chi connectivity index (χ2n) is 5.50. The van der Waals surface area contributed by atoms with Gasteiger partial charge >= 0.3 is 0 Å². The molecule has 3 heterocycles. The van der Waals surface area contributed by atoms with Crippen LogP contribution in [0, 0.1) is 11.3 Å². The van der Waals surface area contributed by atoms with Crippen molar-refractivity contribution in [2.45, 2.75) is 0 Å². The van der Waals surface area contributed by atoms with Crippen molar-refractivity contribution in [1.82, 2.24) is 9.55 Å². The molecule has 0 saturated heterocycles. The molecule has 0 unspecified atom stereocenters. The van der Waals surface area contributed by atoms with Crippen LogP contribution in [0.25, 0.3) is 27.2 Å². The Balaban J connectivity index is 1.90. The summed E-state index contributed by atoms with van der Waals surface area (Å²) in [7, 11) is 0. The molecule has 0 bridgehead atoms. The van der Waals surface area contributed by atoms with Crippen molar-refractivity contribution < 1.29 is 5.11 Å². The number of nitrogens with one attached hydrogen (secondary N) is 1. The van der Waals surface area contributed by atoms with Gasteiger partial charge in [-0.2, -0.15) is 5.26 Å². The van der Waals surface area contributed by atoms with Crippen LogP contribution in [0.4, 0.5) is 0 Å². The summed E-state index contributed by atoms with van der Waals surface area (Å²) in [5, 5.41) is 19.8. The molecule has 5 nitrogen and oxygen atoms in total. The third-order valence-corrected chi connectivity index (χ3v) is 5.55. The summed E-state index contributed by atoms with van der Waals surface area (Å²) in [6.07, 6.45) is 0. The summed E-state index contributed by atoms with van der Waals surface area (Å²) in [6, 6.07) is 14.5. The van der Waals surface area contributed by atoms with Crippen molar-refractivity contribution >= 4 is 45.6 Å². The first-order chi connectivity index (χ1) is 12.5. The number of hydrogen-bond donors (Lipinski definition) is 2. The lowest BCUT2D eigenvalue weighted by Crippen LogP contribution is -2.10. The smallest absolute Gasteiger partial charge is 0.270 e. The van der Waals surface area contributed by atoms with Crippen LogP contribution in [0.2, 0.25) is 9.49 Å². The normalized spacial score (nSPS) is 11.0. The molecule has 8 heteroatoms. The van der Waals surface area contributed by atoms with Crippen LogP contribution in [0.1, 0.15) is 5.56 Å². The maximum atomic E-state index is 11.8. The maximum absolute atomic E-state index is 11.8. The van der Waals surface area contributed by atoms with Crippen LogP contribution in [-0.2, 0) is 0 Å². The fraction of sp³-hybridized carbons (Fsp3) is 0. The predicted molar refractivity (Wildman–Crippen MR) is 104 cm³/mol. The Kier molecular flexibility index (Phi) is 4.00. The minimum atomic E-state index is -0.656. The van der Waals surface area contributed by atoms with Gasteiger partial charge in [-0.3, -0.25) is 9.36 Å². The molecule has 0 aliphatic heterocycles. The van der Waals surface area contributed by atoms with Gasteiger partial charge in [-0.15, -0.1) is 11.3 Å². The average Bonchev–Trinajstić information content (AvgIpc) is 3.18. The number of benzene rings is 1. The van der Waals surface area contributed by atoms with Gasteiger partial charge in [-0.05, 0) is 35.9 Å². The molecule has 4 aromatic rings. The summed E-state index contributed by atoms with van der Waals surface area (Å²) in [6.45, 7) is 0. The molecule has 1 aromatic carbocycles. The van der Waals surface area contributed by atoms with Crippen LogP contribution in [-0.4, -0.2) is 14.7 Å². The number of pyridine rings is 1. The summed E-state index contributed by atoms with van der Waals surface area (Å²) in [5.41, 5.74) is 1.30. The fourth-order valence-electron chi connectivity index (χ4n) is 2.82. The quantitative estimate of drug-likeness (QED) is 0.499. The third kappa shape index (κ3) is 2.58. The average molecular weight is 402 g/mol. The summed E-state index contributed by atoms with van der Waals surface area (Å²) >= 11 is 13.8. The zero-order valence-corrected chi connectivity index (χ0v) is 15.3. The van der Waals surface area contributed by atoms with Gasteiger partial charge in [0.05, 0.1) is 9.85 Å². The highest BCUT2D eigenvalue weighted by molar-refractivity contribution is 7.19. The first-order valence-electron chi connectivity index (χ1n) is 7.42. The minimum absolute atomic E-state index is 0.276. The van der Waals surface area contributed by atoms with Crippen LogP contribution in [0.5, 0.6) is 5.75 Å². The molecule has 0 aliphatic rings. The van der Waals surface area contributed by atoms with Gasteiger partial charge in [-0.1, -0.05) is 35.3 Å². The molecule has 0 atom stereocenters. The molecule has 0 aliphatic carbocycles. The first-order valence-corrected chi connectivity index (χ1v) is 8.99. The highest BCUT2D eigenvalue weighted by Gasteiger charge is 2.19. The molecule has 0 saturated carbocycles. The summed E-state index contributed by atoms with van der Waals surface area (Å²) in [4.78, 5) is 15.4. The topological polar surface area (TPSA) is 81.8 Å². The highest BCUT2D eigenvalue weighted by atomic mass is 35.5. The number of fused-ring (bicyclic) bond motifs is 1. The number of rotatable bonds is 2. The number of nitrogens with zero attached hydrogens (tertiary/aromatic N) is 2. The Bertz CT molecular complexity index is 1250. The number of nitriles is 1. The number of thiophene rings is 1. The van der Waals surface area contributed by atoms with E-state index in [0.29, 0.717) is 20.7 Å². The Morgan fingerprint density at radius 1 is 1.15 bits per heavy atom. The second kappa shape index (κ2) is 6.22. The van der Waals surface area contributed by atoms with Gasteiger partial charge in [0.1, 0.15) is 16.7 Å². The van der Waals surface area contributed by atoms with Crippen molar-refractivity contribution in [2.75, 3.05) is 0 Å². The van der Waals surface area contributed by atoms with Crippen molar-refractivity contribution in [1.29, 1.82) is 5.26 Å². The van der Waals surface area contributed by atoms with E-state index >= 15 is 0 Å². The number of halogens is 2. The van der Waals surface area contributed by atoms with Crippen molar-refractivity contribution in [3.63, 3.8) is 0 Å². The zero-order chi connectivity index (χ0) is 18.4. The monoisotopic (exact) mass is 401 g/mol. The molecular weight excluding hydrogens is 393 g/mol. The largest absolute Gasteiger partial charge is 0.504 e. The van der Waals surface area contributed by atoms with Gasteiger partial charge < -0.3 is 10.1 Å². The zero-order valence-electron chi connectivity index (χ0n) is 13.0. The molecule has 0 radical (unpaired) electrons. The van der Waals surface area contributed by atoms with Gasteiger partial charge in [-0.25, -0.2) is 0 Å². The van der Waals surface area contributed by atoms with Crippen molar-refractivity contribution in [3.05, 3.63) is 67.9 Å². The van der Waals surface area contributed by atoms with E-state index in [1.165, 1.54) is 17.4 Å². The van der Waals surface area contributed by atoms with E-state index in [1.54, 1.807) is 10.6 Å². The second-order valence-corrected chi connectivity index (χ2v) is 7.61. The van der Waals surface area contributed by atoms with Crippen molar-refractivity contribution in [2.24, 2.45) is 0 Å². The SMILES string of the molecule is N#Cc1c(O)c2c(cc(Cl)n2-c2ccc(-c3ccc(Cl)s3)cc2)[nH]c1=O. The van der Waals surface area contributed by atoms with E-state index in [9.17, 15) is 9.90 Å². The molecule has 26 heavy (non-hydrogen) atoms. The molecular formula is C18H9Cl2N3O2S. The Labute approximate surface area is 161 Å². The minimum Gasteiger partial charge on any atom is -0.504 e. The van der Waals surface area contributed by atoms with Crippen LogP contribution in [0.3, 0.4) is 0 Å². The fourth-order valence-corrected chi connectivity index (χ4v) is 4.16. The van der Waals surface area contributed by atoms with Crippen LogP contribution >= 0.6 is 34.5 Å². The van der Waals surface area contributed by atoms with Gasteiger partial charge in [0.2, 0.25) is 0 Å². The number of hydrogen-bond acceptors (Lipinski definition) is 4. The molecule has 2 N–H and O–H groups in total. The maximum Gasteiger partial charge on any atom is 0.270 e. The van der Waals surface area contributed by atoms with Crippen LogP contribution in [0.15, 0.2) is 47.3 Å². The van der Waals surface area contributed by atoms with E-state index in [4.69, 9.17) is 28.5 Å². The third-order valence-electron chi connectivity index (χ3n) is 3.99. The van der Waals surface area contributed by atoms with Crippen molar-refractivity contribution in [3.8, 4) is 27.9 Å². The van der Waals surface area contributed by atoms with E-state index in [1.807, 2.05) is 36.4 Å². The lowest BCUT2D eigenvalue weighted by Gasteiger charge is -2.09. The summed E-state index contributed by atoms with van der Waals surface area (Å²) < 4.78 is 2.29. The number of aromatic amines is 1. The molecule has 0 spiro atoms. The Hall–Kier alpha value is -2.72. The molecule has 0 amide bonds. The van der Waals surface area contributed by atoms with E-state index in [2.05, 4.69) is 4.98 Å². The number of aromatic hydroxyl groups is 1. The first kappa shape index (κ1) is 16.7. The predicted octanol–water partition coefficient (Wildman–Crippen LogP) is 4.93. The molecule has 0 fully saturated rings. The Morgan fingerprint density at radius 2 is 1.88 bits per heavy atom. The van der Waals surface area contributed by atoms with E-state index < -0.39 is 11.3 Å². The van der Waals surface area contributed by atoms with Crippen LogP contribution < -0.4 is 5.56 Å². The van der Waals surface area contributed by atoms with Gasteiger partial charge in [0, 0.05) is 10.6 Å². The highest BCUT2D eigenvalue weighted by Crippen LogP contribution is 2.35. The van der Waals surface area contributed by atoms with E-state index in [0.717, 1.165) is 10.4 Å². The standard InChI is InChI=1S/C18H9Cl2N3O2S/c19-14-7-12-16(17(24)11(8-21)18(25)22-12)23(14)10-3-1-9(2-4-10)13-5-6-15(20)26-13/h1-7H,(H2,22,24,25). The molecule has 3 aromatic heterocycles. The molecule has 4 rings (SSSR count). The number of H-pyrrole nitrogens is 1. The number of aromatic nitrogens is 2. The molecule has 128 valence electrons. The lowest BCUT2D eigenvalue weighted by molar-refractivity contribution is 0.476. The van der Waals surface area contributed by atoms with E-state index in [-0.39, 0.29) is 11.1 Å². The lowest BCUT2D eigenvalue weighted by atomic mass is 10.1.